The van der Waals surface area contributed by atoms with Gasteiger partial charge in [0.2, 0.25) is 10.0 Å². The average molecular weight is 708 g/mol. The normalized spacial score (nSPS) is 17.5. The number of rotatable bonds is 9. The van der Waals surface area contributed by atoms with Crippen molar-refractivity contribution in [3.8, 4) is 11.3 Å². The molecule has 2 aromatic carbocycles. The maximum absolute atomic E-state index is 14.0. The van der Waals surface area contributed by atoms with Crippen molar-refractivity contribution in [2.45, 2.75) is 57.5 Å². The van der Waals surface area contributed by atoms with Gasteiger partial charge < -0.3 is 15.3 Å². The number of hydrogen-bond acceptors (Lipinski definition) is 7. The molecule has 15 heteroatoms. The number of β-amino-alcohol motifs (C(OH)–C–C–N with tert-alkyl or cyclic N) is 1. The van der Waals surface area contributed by atoms with Gasteiger partial charge in [0.25, 0.3) is 5.91 Å². The van der Waals surface area contributed by atoms with Gasteiger partial charge in [0.15, 0.2) is 0 Å². The van der Waals surface area contributed by atoms with Crippen LogP contribution in [0.5, 0.6) is 0 Å². The van der Waals surface area contributed by atoms with Crippen molar-refractivity contribution in [1.82, 2.24) is 24.3 Å². The quantitative estimate of drug-likeness (QED) is 0.231. The molecular weight excluding hydrogens is 671 g/mol. The fraction of sp³-hybridized carbons (Fsp3) is 0.455. The summed E-state index contributed by atoms with van der Waals surface area (Å²) in [6.45, 7) is 4.44. The highest BCUT2D eigenvalue weighted by Crippen LogP contribution is 2.41. The number of carbonyl (C=O) groups excluding carboxylic acids is 1. The number of aliphatic hydroxyl groups is 1. The number of hydrogen-bond donors (Lipinski definition) is 2. The Kier molecular flexibility index (Phi) is 9.70. The maximum Gasteiger partial charge on any atom is 0.416 e. The summed E-state index contributed by atoms with van der Waals surface area (Å²) < 4.78 is 82.1. The van der Waals surface area contributed by atoms with E-state index in [0.29, 0.717) is 54.3 Å². The summed E-state index contributed by atoms with van der Waals surface area (Å²) >= 11 is 1.31. The highest BCUT2D eigenvalue weighted by Gasteiger charge is 2.33. The lowest BCUT2D eigenvalue weighted by molar-refractivity contribution is -0.137. The minimum Gasteiger partial charge on any atom is -0.390 e. The number of sulfonamides is 1. The van der Waals surface area contributed by atoms with Gasteiger partial charge in [-0.1, -0.05) is 18.2 Å². The Balaban J connectivity index is 1.17. The zero-order valence-corrected chi connectivity index (χ0v) is 28.2. The Labute approximate surface area is 280 Å². The Bertz CT molecular complexity index is 1920. The molecule has 0 spiro atoms. The minimum atomic E-state index is -4.49. The van der Waals surface area contributed by atoms with Crippen molar-refractivity contribution in [3.63, 3.8) is 0 Å². The molecule has 258 valence electrons. The van der Waals surface area contributed by atoms with E-state index in [-0.39, 0.29) is 37.3 Å². The topological polar surface area (TPSA) is 108 Å². The van der Waals surface area contributed by atoms with E-state index in [0.717, 1.165) is 52.6 Å². The van der Waals surface area contributed by atoms with Crippen LogP contribution in [0.25, 0.3) is 21.3 Å². The molecule has 0 bridgehead atoms. The van der Waals surface area contributed by atoms with Crippen molar-refractivity contribution >= 4 is 37.4 Å². The molecule has 2 aromatic heterocycles. The van der Waals surface area contributed by atoms with Crippen LogP contribution < -0.4 is 5.32 Å². The molecule has 48 heavy (non-hydrogen) atoms. The van der Waals surface area contributed by atoms with Crippen LogP contribution >= 0.6 is 11.3 Å². The molecule has 1 unspecified atom stereocenters. The van der Waals surface area contributed by atoms with E-state index in [1.54, 1.807) is 10.7 Å². The first-order valence-corrected chi connectivity index (χ1v) is 18.5. The number of aliphatic hydroxyl groups excluding tert-OH is 1. The molecule has 4 aromatic rings. The first kappa shape index (κ1) is 34.5. The van der Waals surface area contributed by atoms with Gasteiger partial charge in [-0.05, 0) is 74.0 Å². The van der Waals surface area contributed by atoms with Gasteiger partial charge in [0.05, 0.1) is 35.0 Å². The first-order chi connectivity index (χ1) is 22.7. The Morgan fingerprint density at radius 1 is 1.10 bits per heavy atom. The molecule has 0 saturated carbocycles. The molecule has 9 nitrogen and oxygen atoms in total. The van der Waals surface area contributed by atoms with Crippen LogP contribution in [-0.2, 0) is 35.7 Å². The molecule has 2 N–H and O–H groups in total. The third-order valence-electron chi connectivity index (χ3n) is 9.14. The van der Waals surface area contributed by atoms with E-state index in [1.165, 1.54) is 39.9 Å². The number of halogens is 4. The lowest BCUT2D eigenvalue weighted by Crippen LogP contribution is -2.40. The summed E-state index contributed by atoms with van der Waals surface area (Å²) in [5, 5.41) is 19.7. The number of nitrogens with one attached hydrogen (secondary N) is 1. The van der Waals surface area contributed by atoms with E-state index in [2.05, 4.69) is 10.2 Å². The third kappa shape index (κ3) is 7.15. The number of nitrogens with zero attached hydrogens (tertiary/aromatic N) is 4. The van der Waals surface area contributed by atoms with Gasteiger partial charge >= 0.3 is 6.18 Å². The monoisotopic (exact) mass is 707 g/mol. The molecule has 6 rings (SSSR count). The number of likely N-dealkylation sites (tertiary alicyclic amines) is 1. The molecule has 1 fully saturated rings. The van der Waals surface area contributed by atoms with Crippen molar-refractivity contribution in [2.24, 2.45) is 0 Å². The second kappa shape index (κ2) is 13.5. The molecule has 2 aliphatic rings. The van der Waals surface area contributed by atoms with Crippen LogP contribution in [0.3, 0.4) is 0 Å². The van der Waals surface area contributed by atoms with Crippen LogP contribution in [0.1, 0.15) is 57.7 Å². The number of piperidine rings is 1. The molecule has 1 amide bonds. The van der Waals surface area contributed by atoms with Crippen LogP contribution in [0.4, 0.5) is 17.6 Å². The van der Waals surface area contributed by atoms with Gasteiger partial charge in [-0.2, -0.15) is 22.6 Å². The van der Waals surface area contributed by atoms with Crippen molar-refractivity contribution in [1.29, 1.82) is 0 Å². The van der Waals surface area contributed by atoms with E-state index < -0.39 is 27.9 Å². The Morgan fingerprint density at radius 3 is 2.46 bits per heavy atom. The number of amides is 1. The maximum atomic E-state index is 14.0. The molecule has 4 heterocycles. The predicted molar refractivity (Wildman–Crippen MR) is 176 cm³/mol. The van der Waals surface area contributed by atoms with Crippen molar-refractivity contribution < 1.29 is 35.9 Å². The predicted octanol–water partition coefficient (Wildman–Crippen LogP) is 5.23. The van der Waals surface area contributed by atoms with Crippen molar-refractivity contribution in [3.05, 3.63) is 75.5 Å². The van der Waals surface area contributed by atoms with Crippen LogP contribution in [0.15, 0.2) is 42.5 Å². The SMILES string of the molecule is CCNC(=O)c1sc2cc(F)ccc2c1C1CCN(CC(O)Cn2nc(-c3ccc(C(F)(F)F)cc3)c3c2CCN(S(C)(=O)=O)C3)CC1. The zero-order valence-electron chi connectivity index (χ0n) is 26.6. The van der Waals surface area contributed by atoms with E-state index in [9.17, 15) is 35.9 Å². The highest BCUT2D eigenvalue weighted by molar-refractivity contribution is 7.88. The van der Waals surface area contributed by atoms with Gasteiger partial charge in [-0.15, -0.1) is 11.3 Å². The minimum absolute atomic E-state index is 0.0380. The third-order valence-corrected chi connectivity index (χ3v) is 11.6. The second-order valence-electron chi connectivity index (χ2n) is 12.5. The summed E-state index contributed by atoms with van der Waals surface area (Å²) in [6.07, 6.45) is -2.35. The van der Waals surface area contributed by atoms with Gasteiger partial charge in [-0.3, -0.25) is 9.48 Å². The van der Waals surface area contributed by atoms with Gasteiger partial charge in [0, 0.05) is 54.1 Å². The lowest BCUT2D eigenvalue weighted by atomic mass is 9.87. The molecule has 0 radical (unpaired) electrons. The summed E-state index contributed by atoms with van der Waals surface area (Å²) in [6, 6.07) is 9.25. The number of fused-ring (bicyclic) bond motifs is 2. The average Bonchev–Trinajstić information content (AvgIpc) is 3.59. The highest BCUT2D eigenvalue weighted by atomic mass is 32.2. The van der Waals surface area contributed by atoms with E-state index in [4.69, 9.17) is 5.10 Å². The Hall–Kier alpha value is -3.37. The number of benzene rings is 2. The number of aromatic nitrogens is 2. The Morgan fingerprint density at radius 2 is 1.81 bits per heavy atom. The smallest absolute Gasteiger partial charge is 0.390 e. The fourth-order valence-corrected chi connectivity index (χ4v) is 8.83. The largest absolute Gasteiger partial charge is 0.416 e. The van der Waals surface area contributed by atoms with E-state index >= 15 is 0 Å². The lowest BCUT2D eigenvalue weighted by Gasteiger charge is -2.33. The van der Waals surface area contributed by atoms with Gasteiger partial charge in [-0.25, -0.2) is 12.8 Å². The number of thiophene rings is 1. The molecule has 0 aliphatic carbocycles. The second-order valence-corrected chi connectivity index (χ2v) is 15.5. The molecule has 1 atom stereocenters. The molecule has 1 saturated heterocycles. The summed E-state index contributed by atoms with van der Waals surface area (Å²) in [5.41, 5.74) is 2.35. The van der Waals surface area contributed by atoms with Crippen molar-refractivity contribution in [2.75, 3.05) is 39.0 Å². The number of alkyl halides is 3. The van der Waals surface area contributed by atoms with Gasteiger partial charge in [0.1, 0.15) is 5.82 Å². The van der Waals surface area contributed by atoms with Crippen LogP contribution in [0, 0.1) is 5.82 Å². The molecular formula is C33H37F4N5O4S2. The number of carbonyl (C=O) groups is 1. The molecule has 2 aliphatic heterocycles. The fourth-order valence-electron chi connectivity index (χ4n) is 6.81. The van der Waals surface area contributed by atoms with Crippen LogP contribution in [-0.4, -0.2) is 83.5 Å². The summed E-state index contributed by atoms with van der Waals surface area (Å²) in [4.78, 5) is 15.7. The summed E-state index contributed by atoms with van der Waals surface area (Å²) in [7, 11) is -3.52. The summed E-state index contributed by atoms with van der Waals surface area (Å²) in [5.74, 6) is -0.415. The van der Waals surface area contributed by atoms with E-state index in [1.807, 2.05) is 6.92 Å². The standard InChI is InChI=1S/C33H37F4N5O4S2/c1-3-38-32(44)31-29(25-9-8-23(34)16-28(25)47-31)20-10-13-40(14-11-20)17-24(43)18-42-27-12-15-41(48(2,45)46)19-26(27)30(39-42)21-4-6-22(7-5-21)33(35,36)37/h4-9,16,20,24,43H,3,10-15,17-19H2,1-2H3,(H,38,44). The zero-order chi connectivity index (χ0) is 34.4. The van der Waals surface area contributed by atoms with Crippen LogP contribution in [0.2, 0.25) is 0 Å². The first-order valence-electron chi connectivity index (χ1n) is 15.8.